The van der Waals surface area contributed by atoms with Gasteiger partial charge in [0.2, 0.25) is 5.91 Å². The fourth-order valence-electron chi connectivity index (χ4n) is 3.01. The Kier molecular flexibility index (Phi) is 6.44. The highest BCUT2D eigenvalue weighted by Gasteiger charge is 2.24. The van der Waals surface area contributed by atoms with E-state index in [1.807, 2.05) is 36.1 Å². The predicted molar refractivity (Wildman–Crippen MR) is 87.5 cm³/mol. The number of likely N-dealkylation sites (tertiary alicyclic amines) is 1. The number of carbonyl (C=O) groups excluding carboxylic acids is 1. The summed E-state index contributed by atoms with van der Waals surface area (Å²) < 4.78 is 5.40. The summed E-state index contributed by atoms with van der Waals surface area (Å²) in [6, 6.07) is 7.62. The molecule has 2 rings (SSSR count). The highest BCUT2D eigenvalue weighted by molar-refractivity contribution is 5.79. The molecule has 1 N–H and O–H groups in total. The van der Waals surface area contributed by atoms with Crippen molar-refractivity contribution in [3.05, 3.63) is 29.8 Å². The van der Waals surface area contributed by atoms with Crippen molar-refractivity contribution < 1.29 is 19.4 Å². The van der Waals surface area contributed by atoms with E-state index < -0.39 is 5.97 Å². The van der Waals surface area contributed by atoms with Gasteiger partial charge >= 0.3 is 5.97 Å². The van der Waals surface area contributed by atoms with E-state index in [0.717, 1.165) is 30.7 Å². The molecule has 1 fully saturated rings. The third kappa shape index (κ3) is 5.58. The number of ether oxygens (including phenoxy) is 1. The highest BCUT2D eigenvalue weighted by Crippen LogP contribution is 2.22. The van der Waals surface area contributed by atoms with Crippen molar-refractivity contribution >= 4 is 11.9 Å². The largest absolute Gasteiger partial charge is 0.494 e. The van der Waals surface area contributed by atoms with E-state index in [4.69, 9.17) is 9.84 Å². The molecule has 0 unspecified atom stereocenters. The molecule has 0 aromatic heterocycles. The van der Waals surface area contributed by atoms with Crippen LogP contribution in [0.1, 0.15) is 38.2 Å². The summed E-state index contributed by atoms with van der Waals surface area (Å²) in [7, 11) is 0. The molecule has 23 heavy (non-hydrogen) atoms. The second-order valence-corrected chi connectivity index (χ2v) is 6.03. The molecule has 1 aromatic carbocycles. The van der Waals surface area contributed by atoms with Gasteiger partial charge in [-0.1, -0.05) is 12.1 Å². The predicted octanol–water partition coefficient (Wildman–Crippen LogP) is 2.73. The third-order valence-corrected chi connectivity index (χ3v) is 4.23. The van der Waals surface area contributed by atoms with Crippen LogP contribution in [0.25, 0.3) is 0 Å². The molecular formula is C18H25NO4. The van der Waals surface area contributed by atoms with E-state index in [1.54, 1.807) is 0 Å². The lowest BCUT2D eigenvalue weighted by Crippen LogP contribution is -2.40. The molecule has 1 saturated heterocycles. The van der Waals surface area contributed by atoms with Gasteiger partial charge in [0.1, 0.15) is 5.75 Å². The second kappa shape index (κ2) is 8.56. The number of nitrogens with zero attached hydrogens (tertiary/aromatic N) is 1. The van der Waals surface area contributed by atoms with Crippen molar-refractivity contribution in [1.29, 1.82) is 0 Å². The Morgan fingerprint density at radius 1 is 1.30 bits per heavy atom. The zero-order valence-electron chi connectivity index (χ0n) is 13.7. The molecule has 0 radical (unpaired) electrons. The maximum Gasteiger partial charge on any atom is 0.303 e. The van der Waals surface area contributed by atoms with Gasteiger partial charge in [0.15, 0.2) is 0 Å². The molecule has 1 aromatic rings. The summed E-state index contributed by atoms with van der Waals surface area (Å²) in [5.41, 5.74) is 0.978. The third-order valence-electron chi connectivity index (χ3n) is 4.23. The number of carboxylic acid groups (broad SMARTS) is 1. The molecule has 5 heteroatoms. The van der Waals surface area contributed by atoms with Gasteiger partial charge in [-0.3, -0.25) is 9.59 Å². The number of carboxylic acids is 1. The van der Waals surface area contributed by atoms with Gasteiger partial charge < -0.3 is 14.7 Å². The van der Waals surface area contributed by atoms with Crippen molar-refractivity contribution in [2.75, 3.05) is 19.7 Å². The van der Waals surface area contributed by atoms with Crippen LogP contribution in [0.5, 0.6) is 5.75 Å². The normalized spacial score (nSPS) is 17.8. The number of amides is 1. The van der Waals surface area contributed by atoms with Crippen molar-refractivity contribution in [1.82, 2.24) is 4.90 Å². The SMILES string of the molecule is CCOc1ccc(CC(=O)N2CCC[C@@H](CCC(=O)O)C2)cc1. The molecule has 0 spiro atoms. The summed E-state index contributed by atoms with van der Waals surface area (Å²) in [6.45, 7) is 4.03. The van der Waals surface area contributed by atoms with Crippen LogP contribution in [0.3, 0.4) is 0 Å². The fourth-order valence-corrected chi connectivity index (χ4v) is 3.01. The number of hydrogen-bond acceptors (Lipinski definition) is 3. The zero-order valence-corrected chi connectivity index (χ0v) is 13.7. The molecule has 1 atom stereocenters. The summed E-state index contributed by atoms with van der Waals surface area (Å²) in [5, 5.41) is 8.78. The van der Waals surface area contributed by atoms with Crippen LogP contribution in [0.15, 0.2) is 24.3 Å². The van der Waals surface area contributed by atoms with Crippen LogP contribution in [0, 0.1) is 5.92 Å². The molecule has 0 bridgehead atoms. The van der Waals surface area contributed by atoms with Crippen molar-refractivity contribution in [2.24, 2.45) is 5.92 Å². The van der Waals surface area contributed by atoms with Crippen LogP contribution < -0.4 is 4.74 Å². The summed E-state index contributed by atoms with van der Waals surface area (Å²) in [6.07, 6.45) is 3.20. The van der Waals surface area contributed by atoms with E-state index >= 15 is 0 Å². The minimum absolute atomic E-state index is 0.120. The van der Waals surface area contributed by atoms with Gasteiger partial charge in [-0.2, -0.15) is 0 Å². The standard InChI is InChI=1S/C18H25NO4/c1-2-23-16-8-5-14(6-9-16)12-17(20)19-11-3-4-15(13-19)7-10-18(21)22/h5-6,8-9,15H,2-4,7,10-13H2,1H3,(H,21,22)/t15-/m0/s1. The molecule has 1 amide bonds. The highest BCUT2D eigenvalue weighted by atomic mass is 16.5. The number of piperidine rings is 1. The Morgan fingerprint density at radius 3 is 2.70 bits per heavy atom. The molecule has 5 nitrogen and oxygen atoms in total. The quantitative estimate of drug-likeness (QED) is 0.839. The second-order valence-electron chi connectivity index (χ2n) is 6.03. The maximum atomic E-state index is 12.4. The summed E-state index contributed by atoms with van der Waals surface area (Å²) in [5.74, 6) is 0.483. The van der Waals surface area contributed by atoms with Gasteiger partial charge in [0, 0.05) is 19.5 Å². The van der Waals surface area contributed by atoms with Gasteiger partial charge in [-0.05, 0) is 49.8 Å². The van der Waals surface area contributed by atoms with Gasteiger partial charge in [-0.15, -0.1) is 0 Å². The zero-order chi connectivity index (χ0) is 16.7. The van der Waals surface area contributed by atoms with Crippen molar-refractivity contribution in [2.45, 2.75) is 39.0 Å². The molecule has 1 aliphatic rings. The molecule has 0 saturated carbocycles. The van der Waals surface area contributed by atoms with Gasteiger partial charge in [-0.25, -0.2) is 0 Å². The minimum Gasteiger partial charge on any atom is -0.494 e. The van der Waals surface area contributed by atoms with E-state index in [2.05, 4.69) is 0 Å². The Hall–Kier alpha value is -2.04. The number of rotatable bonds is 7. The summed E-state index contributed by atoms with van der Waals surface area (Å²) >= 11 is 0. The van der Waals surface area contributed by atoms with E-state index in [-0.39, 0.29) is 12.3 Å². The Labute approximate surface area is 137 Å². The lowest BCUT2D eigenvalue weighted by Gasteiger charge is -2.32. The maximum absolute atomic E-state index is 12.4. The number of benzene rings is 1. The topological polar surface area (TPSA) is 66.8 Å². The fraction of sp³-hybridized carbons (Fsp3) is 0.556. The van der Waals surface area contributed by atoms with Gasteiger partial charge in [0.25, 0.3) is 0 Å². The average Bonchev–Trinajstić information content (AvgIpc) is 2.55. The smallest absolute Gasteiger partial charge is 0.303 e. The van der Waals surface area contributed by atoms with Crippen LogP contribution >= 0.6 is 0 Å². The first-order valence-electron chi connectivity index (χ1n) is 8.29. The van der Waals surface area contributed by atoms with Crippen molar-refractivity contribution in [3.63, 3.8) is 0 Å². The lowest BCUT2D eigenvalue weighted by atomic mass is 9.93. The number of aliphatic carboxylic acids is 1. The Bertz CT molecular complexity index is 526. The Balaban J connectivity index is 1.85. The average molecular weight is 319 g/mol. The molecule has 1 heterocycles. The van der Waals surface area contributed by atoms with E-state index in [9.17, 15) is 9.59 Å². The van der Waals surface area contributed by atoms with Gasteiger partial charge in [0.05, 0.1) is 13.0 Å². The van der Waals surface area contributed by atoms with E-state index in [1.165, 1.54) is 0 Å². The van der Waals surface area contributed by atoms with Crippen LogP contribution in [-0.4, -0.2) is 41.6 Å². The lowest BCUT2D eigenvalue weighted by molar-refractivity contribution is -0.137. The van der Waals surface area contributed by atoms with Crippen LogP contribution in [0.4, 0.5) is 0 Å². The number of hydrogen-bond donors (Lipinski definition) is 1. The molecule has 126 valence electrons. The Morgan fingerprint density at radius 2 is 2.04 bits per heavy atom. The van der Waals surface area contributed by atoms with Crippen LogP contribution in [-0.2, 0) is 16.0 Å². The monoisotopic (exact) mass is 319 g/mol. The molecular weight excluding hydrogens is 294 g/mol. The minimum atomic E-state index is -0.761. The first-order chi connectivity index (χ1) is 11.1. The summed E-state index contributed by atoms with van der Waals surface area (Å²) in [4.78, 5) is 25.0. The van der Waals surface area contributed by atoms with Crippen molar-refractivity contribution in [3.8, 4) is 5.75 Å². The molecule has 1 aliphatic heterocycles. The first-order valence-corrected chi connectivity index (χ1v) is 8.29. The van der Waals surface area contributed by atoms with Crippen LogP contribution in [0.2, 0.25) is 0 Å². The number of carbonyl (C=O) groups is 2. The van der Waals surface area contributed by atoms with E-state index in [0.29, 0.717) is 31.9 Å². The molecule has 0 aliphatic carbocycles. The first kappa shape index (κ1) is 17.3.